The van der Waals surface area contributed by atoms with Gasteiger partial charge in [-0.1, -0.05) is 34.3 Å². The van der Waals surface area contributed by atoms with Crippen LogP contribution >= 0.6 is 0 Å². The van der Waals surface area contributed by atoms with Crippen molar-refractivity contribution in [1.29, 1.82) is 0 Å². The zero-order chi connectivity index (χ0) is 14.8. The standard InChI is InChI=1S/C13H23FN2O.C2H6/c1-5-12(14)13(15-11(4)10(2)3)16-6-8-17-9-7-16;1-2/h5,10-11,15H,1,6-9H2,2-4H3;1-2H3/b13-12-;. The van der Waals surface area contributed by atoms with Gasteiger partial charge in [0.2, 0.25) is 0 Å². The first-order chi connectivity index (χ1) is 9.06. The van der Waals surface area contributed by atoms with Crippen molar-refractivity contribution in [1.82, 2.24) is 10.2 Å². The third-order valence-corrected chi connectivity index (χ3v) is 3.10. The molecule has 0 spiro atoms. The number of nitrogens with zero attached hydrogens (tertiary/aromatic N) is 1. The maximum atomic E-state index is 13.8. The van der Waals surface area contributed by atoms with Crippen molar-refractivity contribution in [3.8, 4) is 0 Å². The van der Waals surface area contributed by atoms with Crippen LogP contribution in [0.1, 0.15) is 34.6 Å². The Morgan fingerprint density at radius 3 is 2.21 bits per heavy atom. The van der Waals surface area contributed by atoms with Gasteiger partial charge in [-0.15, -0.1) is 0 Å². The molecule has 1 unspecified atom stereocenters. The minimum Gasteiger partial charge on any atom is -0.378 e. The van der Waals surface area contributed by atoms with Gasteiger partial charge in [0.05, 0.1) is 13.2 Å². The van der Waals surface area contributed by atoms with Gasteiger partial charge in [-0.3, -0.25) is 0 Å². The largest absolute Gasteiger partial charge is 0.378 e. The van der Waals surface area contributed by atoms with E-state index in [0.717, 1.165) is 0 Å². The van der Waals surface area contributed by atoms with Gasteiger partial charge in [0.25, 0.3) is 0 Å². The maximum absolute atomic E-state index is 13.8. The Balaban J connectivity index is 0.00000154. The molecule has 3 nitrogen and oxygen atoms in total. The smallest absolute Gasteiger partial charge is 0.162 e. The first-order valence-corrected chi connectivity index (χ1v) is 7.17. The molecule has 1 saturated heterocycles. The molecular weight excluding hydrogens is 243 g/mol. The summed E-state index contributed by atoms with van der Waals surface area (Å²) in [5.41, 5.74) is 0. The molecule has 4 heteroatoms. The summed E-state index contributed by atoms with van der Waals surface area (Å²) in [6.45, 7) is 16.5. The second kappa shape index (κ2) is 9.84. The zero-order valence-electron chi connectivity index (χ0n) is 13.0. The summed E-state index contributed by atoms with van der Waals surface area (Å²) in [5.74, 6) is 0.701. The Hall–Kier alpha value is -1.03. The molecule has 0 saturated carbocycles. The van der Waals surface area contributed by atoms with Gasteiger partial charge in [-0.05, 0) is 18.9 Å². The van der Waals surface area contributed by atoms with Crippen molar-refractivity contribution in [3.05, 3.63) is 24.3 Å². The Morgan fingerprint density at radius 1 is 1.26 bits per heavy atom. The van der Waals surface area contributed by atoms with Crippen molar-refractivity contribution in [3.63, 3.8) is 0 Å². The summed E-state index contributed by atoms with van der Waals surface area (Å²) in [7, 11) is 0. The number of nitrogens with one attached hydrogen (secondary N) is 1. The third kappa shape index (κ3) is 6.10. The van der Waals surface area contributed by atoms with E-state index in [1.807, 2.05) is 18.7 Å². The highest BCUT2D eigenvalue weighted by atomic mass is 19.1. The first-order valence-electron chi connectivity index (χ1n) is 7.17. The van der Waals surface area contributed by atoms with Crippen LogP contribution in [0, 0.1) is 5.92 Å². The molecule has 0 aromatic rings. The molecule has 1 fully saturated rings. The maximum Gasteiger partial charge on any atom is 0.162 e. The summed E-state index contributed by atoms with van der Waals surface area (Å²) in [5, 5.41) is 3.24. The van der Waals surface area contributed by atoms with Crippen molar-refractivity contribution < 1.29 is 9.13 Å². The normalized spacial score (nSPS) is 18.2. The molecule has 1 aliphatic rings. The molecule has 1 rings (SSSR count). The van der Waals surface area contributed by atoms with Crippen molar-refractivity contribution in [2.75, 3.05) is 26.3 Å². The Bertz CT molecular complexity index is 284. The average molecular weight is 272 g/mol. The number of morpholine rings is 1. The summed E-state index contributed by atoms with van der Waals surface area (Å²) >= 11 is 0. The van der Waals surface area contributed by atoms with Crippen LogP contribution < -0.4 is 5.32 Å². The van der Waals surface area contributed by atoms with E-state index in [-0.39, 0.29) is 11.9 Å². The van der Waals surface area contributed by atoms with Crippen LogP contribution in [0.3, 0.4) is 0 Å². The molecular formula is C15H29FN2O. The molecule has 0 radical (unpaired) electrons. The first kappa shape index (κ1) is 18.0. The van der Waals surface area contributed by atoms with Gasteiger partial charge >= 0.3 is 0 Å². The number of hydrogen-bond donors (Lipinski definition) is 1. The minimum absolute atomic E-state index is 0.221. The van der Waals surface area contributed by atoms with Crippen molar-refractivity contribution in [2.24, 2.45) is 5.92 Å². The Morgan fingerprint density at radius 2 is 1.79 bits per heavy atom. The van der Waals surface area contributed by atoms with E-state index in [0.29, 0.717) is 38.0 Å². The Kier molecular flexibility index (Phi) is 9.31. The van der Waals surface area contributed by atoms with Gasteiger partial charge in [0.1, 0.15) is 5.82 Å². The SMILES string of the molecule is C=C/C(F)=C(\NC(C)C(C)C)N1CCOCC1.CC. The predicted molar refractivity (Wildman–Crippen MR) is 79.5 cm³/mol. The van der Waals surface area contributed by atoms with Crippen molar-refractivity contribution >= 4 is 0 Å². The van der Waals surface area contributed by atoms with Crippen LogP contribution in [0.15, 0.2) is 24.3 Å². The average Bonchev–Trinajstić information content (AvgIpc) is 2.46. The molecule has 1 N–H and O–H groups in total. The molecule has 0 aliphatic carbocycles. The fourth-order valence-corrected chi connectivity index (χ4v) is 1.58. The number of ether oxygens (including phenoxy) is 1. The zero-order valence-corrected chi connectivity index (χ0v) is 13.0. The number of allylic oxidation sites excluding steroid dienone is 2. The van der Waals surface area contributed by atoms with Crippen LogP contribution in [-0.2, 0) is 4.74 Å². The van der Waals surface area contributed by atoms with E-state index in [9.17, 15) is 4.39 Å². The molecule has 1 atom stereocenters. The lowest BCUT2D eigenvalue weighted by molar-refractivity contribution is 0.0477. The highest BCUT2D eigenvalue weighted by Gasteiger charge is 2.19. The molecule has 0 aromatic heterocycles. The quantitative estimate of drug-likeness (QED) is 0.777. The molecule has 1 heterocycles. The second-order valence-electron chi connectivity index (χ2n) is 4.68. The van der Waals surface area contributed by atoms with Gasteiger partial charge in [0.15, 0.2) is 5.83 Å². The Labute approximate surface area is 117 Å². The molecule has 0 amide bonds. The van der Waals surface area contributed by atoms with Crippen LogP contribution in [0.2, 0.25) is 0 Å². The fraction of sp³-hybridized carbons (Fsp3) is 0.733. The molecule has 19 heavy (non-hydrogen) atoms. The van der Waals surface area contributed by atoms with Crippen molar-refractivity contribution in [2.45, 2.75) is 40.7 Å². The highest BCUT2D eigenvalue weighted by Crippen LogP contribution is 2.15. The van der Waals surface area contributed by atoms with E-state index in [1.165, 1.54) is 6.08 Å². The molecule has 0 aromatic carbocycles. The lowest BCUT2D eigenvalue weighted by atomic mass is 10.1. The van der Waals surface area contributed by atoms with Gasteiger partial charge in [-0.2, -0.15) is 0 Å². The number of hydrogen-bond acceptors (Lipinski definition) is 3. The third-order valence-electron chi connectivity index (χ3n) is 3.10. The molecule has 1 aliphatic heterocycles. The van der Waals surface area contributed by atoms with E-state index in [2.05, 4.69) is 32.7 Å². The number of rotatable bonds is 5. The highest BCUT2D eigenvalue weighted by molar-refractivity contribution is 5.16. The summed E-state index contributed by atoms with van der Waals surface area (Å²) in [4.78, 5) is 1.99. The lowest BCUT2D eigenvalue weighted by Gasteiger charge is -2.34. The minimum atomic E-state index is -0.292. The lowest BCUT2D eigenvalue weighted by Crippen LogP contribution is -2.44. The molecule has 112 valence electrons. The fourth-order valence-electron chi connectivity index (χ4n) is 1.58. The monoisotopic (exact) mass is 272 g/mol. The van der Waals surface area contributed by atoms with E-state index < -0.39 is 0 Å². The molecule has 0 bridgehead atoms. The van der Waals surface area contributed by atoms with E-state index in [4.69, 9.17) is 4.74 Å². The second-order valence-corrected chi connectivity index (χ2v) is 4.68. The van der Waals surface area contributed by atoms with E-state index >= 15 is 0 Å². The van der Waals surface area contributed by atoms with Gasteiger partial charge < -0.3 is 15.0 Å². The topological polar surface area (TPSA) is 24.5 Å². The van der Waals surface area contributed by atoms with Gasteiger partial charge in [0, 0.05) is 19.1 Å². The van der Waals surface area contributed by atoms with E-state index in [1.54, 1.807) is 0 Å². The predicted octanol–water partition coefficient (Wildman–Crippen LogP) is 3.30. The summed E-state index contributed by atoms with van der Waals surface area (Å²) < 4.78 is 19.1. The summed E-state index contributed by atoms with van der Waals surface area (Å²) in [6, 6.07) is 0.221. The van der Waals surface area contributed by atoms with Crippen LogP contribution in [0.25, 0.3) is 0 Å². The van der Waals surface area contributed by atoms with Crippen LogP contribution in [0.4, 0.5) is 4.39 Å². The van der Waals surface area contributed by atoms with Crippen LogP contribution in [-0.4, -0.2) is 37.2 Å². The summed E-state index contributed by atoms with van der Waals surface area (Å²) in [6.07, 6.45) is 1.25. The number of halogens is 1. The van der Waals surface area contributed by atoms with Crippen LogP contribution in [0.5, 0.6) is 0 Å². The van der Waals surface area contributed by atoms with Gasteiger partial charge in [-0.25, -0.2) is 4.39 Å².